The Bertz CT molecular complexity index is 1050. The highest BCUT2D eigenvalue weighted by atomic mass is 19.1. The average Bonchev–Trinajstić information content (AvgIpc) is 3.33. The van der Waals surface area contributed by atoms with Gasteiger partial charge in [-0.05, 0) is 55.8 Å². The maximum atomic E-state index is 13.2. The van der Waals surface area contributed by atoms with Crippen molar-refractivity contribution in [1.29, 1.82) is 0 Å². The molecule has 0 atom stereocenters. The van der Waals surface area contributed by atoms with Gasteiger partial charge in [0, 0.05) is 42.4 Å². The number of halogens is 1. The number of aryl methyl sites for hydroxylation is 1. The lowest BCUT2D eigenvalue weighted by Crippen LogP contribution is -2.14. The highest BCUT2D eigenvalue weighted by Gasteiger charge is 2.12. The summed E-state index contributed by atoms with van der Waals surface area (Å²) in [5, 5.41) is 8.12. The van der Waals surface area contributed by atoms with E-state index in [0.717, 1.165) is 35.9 Å². The van der Waals surface area contributed by atoms with Crippen LogP contribution in [0.15, 0.2) is 67.3 Å². The van der Waals surface area contributed by atoms with E-state index in [-0.39, 0.29) is 5.82 Å². The summed E-state index contributed by atoms with van der Waals surface area (Å²) in [6.45, 7) is 5.54. The summed E-state index contributed by atoms with van der Waals surface area (Å²) < 4.78 is 17.0. The van der Waals surface area contributed by atoms with Crippen LogP contribution in [0.3, 0.4) is 0 Å². The first-order chi connectivity index (χ1) is 13.6. The van der Waals surface area contributed by atoms with Crippen LogP contribution in [0.25, 0.3) is 11.4 Å². The van der Waals surface area contributed by atoms with Crippen LogP contribution in [0.1, 0.15) is 22.5 Å². The van der Waals surface area contributed by atoms with Gasteiger partial charge in [-0.15, -0.1) is 0 Å². The normalized spacial score (nSPS) is 11.1. The zero-order valence-corrected chi connectivity index (χ0v) is 15.9. The van der Waals surface area contributed by atoms with Gasteiger partial charge in [-0.3, -0.25) is 0 Å². The van der Waals surface area contributed by atoms with Crippen molar-refractivity contribution in [3.05, 3.63) is 95.6 Å². The topological polar surface area (TPSA) is 47.7 Å². The molecule has 1 N–H and O–H groups in total. The van der Waals surface area contributed by atoms with E-state index in [0.29, 0.717) is 0 Å². The lowest BCUT2D eigenvalue weighted by atomic mass is 10.1. The third-order valence-corrected chi connectivity index (χ3v) is 4.88. The number of imidazole rings is 1. The van der Waals surface area contributed by atoms with Crippen LogP contribution < -0.4 is 5.32 Å². The molecule has 0 unspecified atom stereocenters. The van der Waals surface area contributed by atoms with Crippen molar-refractivity contribution >= 4 is 0 Å². The minimum Gasteiger partial charge on any atom is -0.308 e. The molecule has 142 valence electrons. The van der Waals surface area contributed by atoms with E-state index in [1.807, 2.05) is 29.3 Å². The molecule has 4 rings (SSSR count). The fourth-order valence-electron chi connectivity index (χ4n) is 3.29. The third-order valence-electron chi connectivity index (χ3n) is 4.88. The first-order valence-electron chi connectivity index (χ1n) is 9.21. The smallest absolute Gasteiger partial charge is 0.123 e. The van der Waals surface area contributed by atoms with Gasteiger partial charge in [-0.1, -0.05) is 12.1 Å². The van der Waals surface area contributed by atoms with Gasteiger partial charge < -0.3 is 9.88 Å². The molecule has 5 nitrogen and oxygen atoms in total. The van der Waals surface area contributed by atoms with Gasteiger partial charge >= 0.3 is 0 Å². The van der Waals surface area contributed by atoms with Crippen LogP contribution in [0.2, 0.25) is 0 Å². The molecule has 0 aliphatic heterocycles. The molecule has 0 bridgehead atoms. The molecular weight excluding hydrogens is 353 g/mol. The van der Waals surface area contributed by atoms with Crippen LogP contribution in [0.5, 0.6) is 0 Å². The fraction of sp³-hybridized carbons (Fsp3) is 0.182. The molecule has 0 amide bonds. The van der Waals surface area contributed by atoms with Crippen LogP contribution in [-0.4, -0.2) is 19.3 Å². The maximum Gasteiger partial charge on any atom is 0.123 e. The quantitative estimate of drug-likeness (QED) is 0.552. The molecule has 4 aromatic rings. The second kappa shape index (κ2) is 7.78. The van der Waals surface area contributed by atoms with Crippen LogP contribution in [0, 0.1) is 19.7 Å². The van der Waals surface area contributed by atoms with Gasteiger partial charge in [0.25, 0.3) is 0 Å². The molecule has 0 aliphatic carbocycles. The molecule has 2 aromatic heterocycles. The highest BCUT2D eigenvalue weighted by molar-refractivity contribution is 5.37. The van der Waals surface area contributed by atoms with E-state index in [2.05, 4.69) is 39.7 Å². The minimum absolute atomic E-state index is 0.244. The third kappa shape index (κ3) is 3.73. The number of aromatic nitrogens is 4. The first kappa shape index (κ1) is 18.1. The van der Waals surface area contributed by atoms with Gasteiger partial charge in [0.1, 0.15) is 5.82 Å². The van der Waals surface area contributed by atoms with Gasteiger partial charge in [-0.25, -0.2) is 14.1 Å². The summed E-state index contributed by atoms with van der Waals surface area (Å²) in [5.41, 5.74) is 6.37. The molecule has 0 radical (unpaired) electrons. The van der Waals surface area contributed by atoms with E-state index in [4.69, 9.17) is 0 Å². The van der Waals surface area contributed by atoms with Gasteiger partial charge in [0.2, 0.25) is 0 Å². The molecule has 6 heteroatoms. The predicted molar refractivity (Wildman–Crippen MR) is 107 cm³/mol. The van der Waals surface area contributed by atoms with Crippen molar-refractivity contribution in [2.45, 2.75) is 26.9 Å². The number of rotatable bonds is 6. The Labute approximate surface area is 163 Å². The molecular formula is C22H22FN5. The summed E-state index contributed by atoms with van der Waals surface area (Å²) in [4.78, 5) is 4.07. The maximum absolute atomic E-state index is 13.2. The Kier molecular flexibility index (Phi) is 5.04. The summed E-state index contributed by atoms with van der Waals surface area (Å²) >= 11 is 0. The van der Waals surface area contributed by atoms with Gasteiger partial charge in [0.05, 0.1) is 17.7 Å². The molecule has 2 aromatic carbocycles. The molecule has 2 heterocycles. The Morgan fingerprint density at radius 1 is 0.929 bits per heavy atom. The highest BCUT2D eigenvalue weighted by Crippen LogP contribution is 2.18. The molecule has 0 saturated heterocycles. The summed E-state index contributed by atoms with van der Waals surface area (Å²) in [6.07, 6.45) is 5.49. The van der Waals surface area contributed by atoms with Crippen molar-refractivity contribution in [3.63, 3.8) is 0 Å². The predicted octanol–water partition coefficient (Wildman–Crippen LogP) is 4.10. The Morgan fingerprint density at radius 3 is 2.32 bits per heavy atom. The SMILES string of the molecule is Cc1nn(-c2ccc(F)cc2)c(C)c1CNCc1ccc(-n2ccnc2)cc1. The van der Waals surface area contributed by atoms with Gasteiger partial charge in [-0.2, -0.15) is 5.10 Å². The average molecular weight is 375 g/mol. The second-order valence-electron chi connectivity index (χ2n) is 6.78. The molecule has 0 spiro atoms. The fourth-order valence-corrected chi connectivity index (χ4v) is 3.29. The van der Waals surface area contributed by atoms with E-state index >= 15 is 0 Å². The summed E-state index contributed by atoms with van der Waals surface area (Å²) in [7, 11) is 0. The van der Waals surface area contributed by atoms with Crippen LogP contribution >= 0.6 is 0 Å². The number of hydrogen-bond donors (Lipinski definition) is 1. The van der Waals surface area contributed by atoms with Crippen molar-refractivity contribution in [2.24, 2.45) is 0 Å². The Morgan fingerprint density at radius 2 is 1.64 bits per heavy atom. The molecule has 0 saturated carbocycles. The molecule has 0 aliphatic rings. The van der Waals surface area contributed by atoms with E-state index in [1.54, 1.807) is 24.7 Å². The van der Waals surface area contributed by atoms with Crippen molar-refractivity contribution in [1.82, 2.24) is 24.6 Å². The van der Waals surface area contributed by atoms with Crippen molar-refractivity contribution < 1.29 is 4.39 Å². The second-order valence-corrected chi connectivity index (χ2v) is 6.78. The zero-order chi connectivity index (χ0) is 19.5. The zero-order valence-electron chi connectivity index (χ0n) is 15.9. The Balaban J connectivity index is 1.42. The standard InChI is InChI=1S/C22H22FN5/c1-16-22(17(2)28(26-16)21-9-5-19(23)6-10-21)14-25-13-18-3-7-20(8-4-18)27-12-11-24-15-27/h3-12,15,25H,13-14H2,1-2H3. The number of benzene rings is 2. The van der Waals surface area contributed by atoms with Crippen LogP contribution in [-0.2, 0) is 13.1 Å². The molecule has 28 heavy (non-hydrogen) atoms. The van der Waals surface area contributed by atoms with E-state index in [1.165, 1.54) is 23.3 Å². The van der Waals surface area contributed by atoms with Gasteiger partial charge in [0.15, 0.2) is 0 Å². The monoisotopic (exact) mass is 375 g/mol. The van der Waals surface area contributed by atoms with E-state index < -0.39 is 0 Å². The van der Waals surface area contributed by atoms with E-state index in [9.17, 15) is 4.39 Å². The largest absolute Gasteiger partial charge is 0.308 e. The lowest BCUT2D eigenvalue weighted by molar-refractivity contribution is 0.627. The summed E-state index contributed by atoms with van der Waals surface area (Å²) in [6, 6.07) is 14.8. The minimum atomic E-state index is -0.244. The number of nitrogens with zero attached hydrogens (tertiary/aromatic N) is 4. The first-order valence-corrected chi connectivity index (χ1v) is 9.21. The van der Waals surface area contributed by atoms with Crippen LogP contribution in [0.4, 0.5) is 4.39 Å². The lowest BCUT2D eigenvalue weighted by Gasteiger charge is -2.08. The Hall–Kier alpha value is -3.25. The van der Waals surface area contributed by atoms with Crippen molar-refractivity contribution in [2.75, 3.05) is 0 Å². The summed E-state index contributed by atoms with van der Waals surface area (Å²) in [5.74, 6) is -0.244. The van der Waals surface area contributed by atoms with Crippen molar-refractivity contribution in [3.8, 4) is 11.4 Å². The number of nitrogens with one attached hydrogen (secondary N) is 1. The molecule has 0 fully saturated rings. The number of hydrogen-bond acceptors (Lipinski definition) is 3.